The van der Waals surface area contributed by atoms with Crippen LogP contribution in [0.1, 0.15) is 24.5 Å². The summed E-state index contributed by atoms with van der Waals surface area (Å²) < 4.78 is 5.61. The summed E-state index contributed by atoms with van der Waals surface area (Å²) in [6.07, 6.45) is 2.61. The molecule has 3 amide bonds. The SMILES string of the molecule is C=CCNC(=O)[C@H]1CC(=O)N(c2ccc(OCC(=O)Nc3c(C)cccc3CC)cc2)C1. The maximum Gasteiger partial charge on any atom is 0.262 e. The first-order chi connectivity index (χ1) is 15.4. The molecule has 168 valence electrons. The maximum absolute atomic E-state index is 12.4. The summed E-state index contributed by atoms with van der Waals surface area (Å²) in [6.45, 7) is 8.17. The molecule has 0 unspecified atom stereocenters. The molecule has 2 aromatic carbocycles. The molecule has 1 heterocycles. The van der Waals surface area contributed by atoms with Gasteiger partial charge in [-0.25, -0.2) is 0 Å². The van der Waals surface area contributed by atoms with Gasteiger partial charge in [0.2, 0.25) is 11.8 Å². The minimum absolute atomic E-state index is 0.0956. The van der Waals surface area contributed by atoms with Crippen LogP contribution in [0.4, 0.5) is 11.4 Å². The summed E-state index contributed by atoms with van der Waals surface area (Å²) >= 11 is 0. The third-order valence-electron chi connectivity index (χ3n) is 5.44. The van der Waals surface area contributed by atoms with Crippen molar-refractivity contribution in [3.63, 3.8) is 0 Å². The first-order valence-corrected chi connectivity index (χ1v) is 10.7. The topological polar surface area (TPSA) is 87.7 Å². The van der Waals surface area contributed by atoms with E-state index < -0.39 is 0 Å². The fourth-order valence-electron chi connectivity index (χ4n) is 3.70. The summed E-state index contributed by atoms with van der Waals surface area (Å²) in [5.74, 6) is -0.331. The lowest BCUT2D eigenvalue weighted by molar-refractivity contribution is -0.126. The highest BCUT2D eigenvalue weighted by Gasteiger charge is 2.34. The highest BCUT2D eigenvalue weighted by molar-refractivity contribution is 6.00. The second-order valence-corrected chi connectivity index (χ2v) is 7.73. The molecule has 1 aliphatic rings. The molecule has 0 aliphatic carbocycles. The van der Waals surface area contributed by atoms with Crippen molar-refractivity contribution in [2.24, 2.45) is 5.92 Å². The van der Waals surface area contributed by atoms with Crippen LogP contribution < -0.4 is 20.3 Å². The summed E-state index contributed by atoms with van der Waals surface area (Å²) in [5.41, 5.74) is 3.61. The molecule has 2 N–H and O–H groups in total. The molecule has 0 aromatic heterocycles. The summed E-state index contributed by atoms with van der Waals surface area (Å²) in [5, 5.41) is 5.67. The molecule has 0 bridgehead atoms. The van der Waals surface area contributed by atoms with Gasteiger partial charge in [0.05, 0.1) is 5.92 Å². The minimum atomic E-state index is -0.378. The van der Waals surface area contributed by atoms with Gasteiger partial charge in [-0.3, -0.25) is 14.4 Å². The van der Waals surface area contributed by atoms with Gasteiger partial charge in [0, 0.05) is 30.9 Å². The monoisotopic (exact) mass is 435 g/mol. The standard InChI is InChI=1S/C25H29N3O4/c1-4-13-26-25(31)19-14-23(30)28(15-19)20-9-11-21(12-10-20)32-16-22(29)27-24-17(3)7-6-8-18(24)5-2/h4,6-12,19H,1,5,13-16H2,2-3H3,(H,26,31)(H,27,29)/t19-/m0/s1. The van der Waals surface area contributed by atoms with Gasteiger partial charge in [0.1, 0.15) is 5.75 Å². The van der Waals surface area contributed by atoms with Crippen molar-refractivity contribution >= 4 is 29.1 Å². The number of anilines is 2. The molecule has 7 nitrogen and oxygen atoms in total. The smallest absolute Gasteiger partial charge is 0.262 e. The van der Waals surface area contributed by atoms with Crippen molar-refractivity contribution in [2.45, 2.75) is 26.7 Å². The molecule has 1 aliphatic heterocycles. The van der Waals surface area contributed by atoms with Gasteiger partial charge in [0.15, 0.2) is 6.61 Å². The van der Waals surface area contributed by atoms with Gasteiger partial charge in [-0.15, -0.1) is 6.58 Å². The number of para-hydroxylation sites is 1. The summed E-state index contributed by atoms with van der Waals surface area (Å²) in [7, 11) is 0. The molecule has 1 atom stereocenters. The highest BCUT2D eigenvalue weighted by Crippen LogP contribution is 2.27. The Bertz CT molecular complexity index is 1000. The molecule has 32 heavy (non-hydrogen) atoms. The predicted molar refractivity (Wildman–Crippen MR) is 125 cm³/mol. The Balaban J connectivity index is 1.55. The third kappa shape index (κ3) is 5.55. The fraction of sp³-hybridized carbons (Fsp3) is 0.320. The number of hydrogen-bond donors (Lipinski definition) is 2. The lowest BCUT2D eigenvalue weighted by atomic mass is 10.1. The number of amides is 3. The Morgan fingerprint density at radius 1 is 1.22 bits per heavy atom. The molecule has 0 radical (unpaired) electrons. The van der Waals surface area contributed by atoms with Crippen LogP contribution in [-0.2, 0) is 20.8 Å². The Morgan fingerprint density at radius 3 is 2.66 bits per heavy atom. The van der Waals surface area contributed by atoms with E-state index in [2.05, 4.69) is 17.2 Å². The van der Waals surface area contributed by atoms with Gasteiger partial charge in [0.25, 0.3) is 5.91 Å². The van der Waals surface area contributed by atoms with Crippen molar-refractivity contribution in [2.75, 3.05) is 29.9 Å². The van der Waals surface area contributed by atoms with Crippen LogP contribution in [0.15, 0.2) is 55.1 Å². The van der Waals surface area contributed by atoms with E-state index in [9.17, 15) is 14.4 Å². The Morgan fingerprint density at radius 2 is 1.97 bits per heavy atom. The number of rotatable bonds is 9. The molecule has 0 saturated carbocycles. The number of nitrogens with zero attached hydrogens (tertiary/aromatic N) is 1. The average molecular weight is 436 g/mol. The number of benzene rings is 2. The van der Waals surface area contributed by atoms with Crippen LogP contribution in [-0.4, -0.2) is 37.4 Å². The van der Waals surface area contributed by atoms with Gasteiger partial charge in [-0.05, 0) is 48.7 Å². The summed E-state index contributed by atoms with van der Waals surface area (Å²) in [4.78, 5) is 38.4. The first-order valence-electron chi connectivity index (χ1n) is 10.7. The van der Waals surface area contributed by atoms with Gasteiger partial charge in [-0.2, -0.15) is 0 Å². The van der Waals surface area contributed by atoms with Crippen LogP contribution in [0, 0.1) is 12.8 Å². The Kier molecular flexibility index (Phi) is 7.65. The minimum Gasteiger partial charge on any atom is -0.484 e. The number of ether oxygens (including phenoxy) is 1. The van der Waals surface area contributed by atoms with Crippen molar-refractivity contribution < 1.29 is 19.1 Å². The van der Waals surface area contributed by atoms with E-state index in [1.807, 2.05) is 32.0 Å². The van der Waals surface area contributed by atoms with Crippen molar-refractivity contribution in [1.82, 2.24) is 5.32 Å². The van der Waals surface area contributed by atoms with Gasteiger partial charge in [-0.1, -0.05) is 31.2 Å². The number of carbonyl (C=O) groups excluding carboxylic acids is 3. The van der Waals surface area contributed by atoms with E-state index in [1.54, 1.807) is 35.2 Å². The second-order valence-electron chi connectivity index (χ2n) is 7.73. The van der Waals surface area contributed by atoms with Crippen molar-refractivity contribution in [1.29, 1.82) is 0 Å². The van der Waals surface area contributed by atoms with E-state index in [4.69, 9.17) is 4.74 Å². The van der Waals surface area contributed by atoms with Gasteiger partial charge >= 0.3 is 0 Å². The number of carbonyl (C=O) groups is 3. The number of aryl methyl sites for hydroxylation is 2. The largest absolute Gasteiger partial charge is 0.484 e. The molecule has 1 fully saturated rings. The molecular weight excluding hydrogens is 406 g/mol. The zero-order chi connectivity index (χ0) is 23.1. The van der Waals surface area contributed by atoms with Crippen molar-refractivity contribution in [3.05, 3.63) is 66.2 Å². The fourth-order valence-corrected chi connectivity index (χ4v) is 3.70. The maximum atomic E-state index is 12.4. The molecular formula is C25H29N3O4. The van der Waals surface area contributed by atoms with E-state index in [-0.39, 0.29) is 36.7 Å². The van der Waals surface area contributed by atoms with E-state index in [1.165, 1.54) is 0 Å². The molecule has 2 aromatic rings. The van der Waals surface area contributed by atoms with E-state index >= 15 is 0 Å². The van der Waals surface area contributed by atoms with Crippen LogP contribution in [0.25, 0.3) is 0 Å². The first kappa shape index (κ1) is 23.1. The Labute approximate surface area is 188 Å². The lowest BCUT2D eigenvalue weighted by Crippen LogP contribution is -2.32. The zero-order valence-electron chi connectivity index (χ0n) is 18.5. The number of nitrogens with one attached hydrogen (secondary N) is 2. The third-order valence-corrected chi connectivity index (χ3v) is 5.44. The molecule has 1 saturated heterocycles. The quantitative estimate of drug-likeness (QED) is 0.592. The van der Waals surface area contributed by atoms with Crippen LogP contribution >= 0.6 is 0 Å². The van der Waals surface area contributed by atoms with E-state index in [0.717, 1.165) is 23.2 Å². The molecule has 0 spiro atoms. The second kappa shape index (κ2) is 10.6. The average Bonchev–Trinajstić information content (AvgIpc) is 3.19. The lowest BCUT2D eigenvalue weighted by Gasteiger charge is -2.17. The van der Waals surface area contributed by atoms with Crippen LogP contribution in [0.2, 0.25) is 0 Å². The Hall–Kier alpha value is -3.61. The van der Waals surface area contributed by atoms with Crippen LogP contribution in [0.5, 0.6) is 5.75 Å². The van der Waals surface area contributed by atoms with Crippen LogP contribution in [0.3, 0.4) is 0 Å². The van der Waals surface area contributed by atoms with Gasteiger partial charge < -0.3 is 20.3 Å². The zero-order valence-corrected chi connectivity index (χ0v) is 18.5. The normalized spacial score (nSPS) is 15.4. The highest BCUT2D eigenvalue weighted by atomic mass is 16.5. The van der Waals surface area contributed by atoms with Crippen molar-refractivity contribution in [3.8, 4) is 5.75 Å². The van der Waals surface area contributed by atoms with E-state index in [0.29, 0.717) is 24.5 Å². The molecule has 3 rings (SSSR count). The molecule has 7 heteroatoms. The predicted octanol–water partition coefficient (Wildman–Crippen LogP) is 3.23. The number of hydrogen-bond acceptors (Lipinski definition) is 4. The summed E-state index contributed by atoms with van der Waals surface area (Å²) in [6, 6.07) is 12.9.